The third-order valence-corrected chi connectivity index (χ3v) is 6.35. The second kappa shape index (κ2) is 10.8. The lowest BCUT2D eigenvalue weighted by Crippen LogP contribution is -2.56. The van der Waals surface area contributed by atoms with Gasteiger partial charge in [-0.15, -0.1) is 0 Å². The molecule has 0 saturated carbocycles. The van der Waals surface area contributed by atoms with Crippen LogP contribution in [0.1, 0.15) is 39.2 Å². The van der Waals surface area contributed by atoms with Gasteiger partial charge in [0.15, 0.2) is 5.60 Å². The molecule has 12 heteroatoms. The van der Waals surface area contributed by atoms with Crippen molar-refractivity contribution in [3.63, 3.8) is 0 Å². The number of rotatable bonds is 6. The first kappa shape index (κ1) is 27.4. The van der Waals surface area contributed by atoms with Crippen LogP contribution in [-0.2, 0) is 20.5 Å². The Morgan fingerprint density at radius 2 is 1.67 bits per heavy atom. The number of piperazine rings is 1. The number of nitrogens with zero attached hydrogens (tertiary/aromatic N) is 3. The van der Waals surface area contributed by atoms with Gasteiger partial charge in [0, 0.05) is 51.0 Å². The van der Waals surface area contributed by atoms with E-state index in [-0.39, 0.29) is 56.7 Å². The number of esters is 1. The van der Waals surface area contributed by atoms with Crippen LogP contribution in [0.15, 0.2) is 18.2 Å². The lowest BCUT2D eigenvalue weighted by molar-refractivity contribution is -0.148. The Morgan fingerprint density at radius 3 is 2.25 bits per heavy atom. The van der Waals surface area contributed by atoms with E-state index in [2.05, 4.69) is 0 Å². The average Bonchev–Trinajstić information content (AvgIpc) is 2.83. The molecule has 200 valence electrons. The maximum Gasteiger partial charge on any atom is 0.416 e. The van der Waals surface area contributed by atoms with Crippen molar-refractivity contribution in [2.75, 3.05) is 50.8 Å². The minimum Gasteiger partial charge on any atom is -0.478 e. The van der Waals surface area contributed by atoms with Gasteiger partial charge in [-0.1, -0.05) is 0 Å². The summed E-state index contributed by atoms with van der Waals surface area (Å²) in [6.45, 7) is 6.15. The van der Waals surface area contributed by atoms with Crippen molar-refractivity contribution < 1.29 is 42.1 Å². The van der Waals surface area contributed by atoms with Crippen molar-refractivity contribution in [3.8, 4) is 5.75 Å². The molecule has 2 aliphatic heterocycles. The van der Waals surface area contributed by atoms with Crippen LogP contribution < -0.4 is 9.64 Å². The van der Waals surface area contributed by atoms with Crippen molar-refractivity contribution in [3.05, 3.63) is 23.8 Å². The highest BCUT2D eigenvalue weighted by Crippen LogP contribution is 2.37. The first-order chi connectivity index (χ1) is 16.8. The molecule has 2 heterocycles. The summed E-state index contributed by atoms with van der Waals surface area (Å²) in [5.41, 5.74) is -2.18. The van der Waals surface area contributed by atoms with Gasteiger partial charge in [-0.2, -0.15) is 13.2 Å². The third-order valence-electron chi connectivity index (χ3n) is 6.35. The van der Waals surface area contributed by atoms with Gasteiger partial charge in [0.2, 0.25) is 0 Å². The zero-order chi connectivity index (χ0) is 26.7. The Balaban J connectivity index is 1.81. The second-order valence-corrected chi connectivity index (χ2v) is 9.42. The predicted octanol–water partition coefficient (Wildman–Crippen LogP) is 3.46. The topological polar surface area (TPSA) is 99.6 Å². The molecule has 1 N–H and O–H groups in total. The number of alkyl halides is 3. The molecule has 0 radical (unpaired) electrons. The normalized spacial score (nSPS) is 19.2. The van der Waals surface area contributed by atoms with Crippen molar-refractivity contribution in [1.82, 2.24) is 9.80 Å². The Bertz CT molecular complexity index is 976. The number of anilines is 1. The zero-order valence-corrected chi connectivity index (χ0v) is 20.6. The molecular formula is C24H32F3N3O6. The summed E-state index contributed by atoms with van der Waals surface area (Å²) in [6, 6.07) is 3.31. The summed E-state index contributed by atoms with van der Waals surface area (Å²) in [5, 5.41) is 9.09. The molecule has 2 amide bonds. The van der Waals surface area contributed by atoms with Gasteiger partial charge < -0.3 is 29.3 Å². The number of carbonyl (C=O) groups is 3. The fourth-order valence-corrected chi connectivity index (χ4v) is 4.47. The van der Waals surface area contributed by atoms with Crippen molar-refractivity contribution in [1.29, 1.82) is 0 Å². The molecule has 0 aliphatic carbocycles. The van der Waals surface area contributed by atoms with E-state index in [1.165, 1.54) is 29.7 Å². The number of benzene rings is 1. The lowest BCUT2D eigenvalue weighted by Gasteiger charge is -2.38. The number of piperidine rings is 1. The number of halogens is 3. The minimum atomic E-state index is -4.65. The van der Waals surface area contributed by atoms with Gasteiger partial charge in [0.05, 0.1) is 18.1 Å². The fraction of sp³-hybridized carbons (Fsp3) is 0.625. The van der Waals surface area contributed by atoms with Gasteiger partial charge in [0.25, 0.3) is 5.91 Å². The largest absolute Gasteiger partial charge is 0.478 e. The highest BCUT2D eigenvalue weighted by Gasteiger charge is 2.38. The van der Waals surface area contributed by atoms with Crippen molar-refractivity contribution in [2.24, 2.45) is 5.92 Å². The van der Waals surface area contributed by atoms with E-state index in [0.29, 0.717) is 19.4 Å². The number of amides is 2. The van der Waals surface area contributed by atoms with Crippen LogP contribution in [0.5, 0.6) is 5.75 Å². The number of hydrogen-bond donors (Lipinski definition) is 1. The summed E-state index contributed by atoms with van der Waals surface area (Å²) in [5.74, 6) is -1.40. The number of hydrogen-bond acceptors (Lipinski definition) is 6. The monoisotopic (exact) mass is 515 g/mol. The molecule has 36 heavy (non-hydrogen) atoms. The van der Waals surface area contributed by atoms with Gasteiger partial charge in [-0.25, -0.2) is 4.79 Å². The van der Waals surface area contributed by atoms with E-state index in [9.17, 15) is 27.6 Å². The molecule has 1 aromatic rings. The minimum absolute atomic E-state index is 0.124. The van der Waals surface area contributed by atoms with Crippen molar-refractivity contribution >= 4 is 23.7 Å². The molecule has 9 nitrogen and oxygen atoms in total. The highest BCUT2D eigenvalue weighted by molar-refractivity contribution is 5.85. The van der Waals surface area contributed by atoms with Crippen LogP contribution in [-0.4, -0.2) is 84.4 Å². The Labute approximate surface area is 207 Å². The van der Waals surface area contributed by atoms with Crippen LogP contribution in [0, 0.1) is 5.92 Å². The van der Waals surface area contributed by atoms with Crippen LogP contribution in [0.4, 0.5) is 23.7 Å². The number of ether oxygens (including phenoxy) is 2. The van der Waals surface area contributed by atoms with E-state index in [1.807, 2.05) is 0 Å². The standard InChI is InChI=1S/C24H32F3N3O6/c1-4-35-20(31)16-6-5-7-30(15-16)18-12-17(24(25,26)27)13-19(14-18)36-23(2,3)21(32)28-8-10-29(11-9-28)22(33)34/h12-14,16H,4-11,15H2,1-3H3,(H,33,34)/t16-/m1/s1. The van der Waals surface area contributed by atoms with Gasteiger partial charge in [-0.3, -0.25) is 9.59 Å². The molecule has 0 bridgehead atoms. The first-order valence-electron chi connectivity index (χ1n) is 11.9. The maximum atomic E-state index is 13.7. The van der Waals surface area contributed by atoms with Crippen LogP contribution in [0.2, 0.25) is 0 Å². The molecule has 0 spiro atoms. The summed E-state index contributed by atoms with van der Waals surface area (Å²) in [7, 11) is 0. The smallest absolute Gasteiger partial charge is 0.416 e. The summed E-state index contributed by atoms with van der Waals surface area (Å²) in [4.78, 5) is 40.8. The SMILES string of the molecule is CCOC(=O)[C@@H]1CCCN(c2cc(OC(C)(C)C(=O)N3CCN(C(=O)O)CC3)cc(C(F)(F)F)c2)C1. The molecule has 0 unspecified atom stereocenters. The summed E-state index contributed by atoms with van der Waals surface area (Å²) in [6.07, 6.45) is -4.51. The van der Waals surface area contributed by atoms with E-state index < -0.39 is 35.3 Å². The van der Waals surface area contributed by atoms with Crippen molar-refractivity contribution in [2.45, 2.75) is 45.4 Å². The highest BCUT2D eigenvalue weighted by atomic mass is 19.4. The van der Waals surface area contributed by atoms with E-state index in [0.717, 1.165) is 12.1 Å². The van der Waals surface area contributed by atoms with Crippen LogP contribution in [0.25, 0.3) is 0 Å². The van der Waals surface area contributed by atoms with E-state index in [4.69, 9.17) is 14.6 Å². The summed E-state index contributed by atoms with van der Waals surface area (Å²) < 4.78 is 52.1. The molecule has 2 saturated heterocycles. The molecule has 1 atom stereocenters. The molecule has 2 aliphatic rings. The number of carbonyl (C=O) groups excluding carboxylic acids is 2. The fourth-order valence-electron chi connectivity index (χ4n) is 4.47. The molecular weight excluding hydrogens is 483 g/mol. The predicted molar refractivity (Wildman–Crippen MR) is 124 cm³/mol. The van der Waals surface area contributed by atoms with Crippen LogP contribution in [0.3, 0.4) is 0 Å². The van der Waals surface area contributed by atoms with Gasteiger partial charge in [0.1, 0.15) is 5.75 Å². The molecule has 1 aromatic carbocycles. The first-order valence-corrected chi connectivity index (χ1v) is 11.9. The van der Waals surface area contributed by atoms with Crippen LogP contribution >= 0.6 is 0 Å². The Kier molecular flexibility index (Phi) is 8.25. The average molecular weight is 516 g/mol. The molecule has 2 fully saturated rings. The second-order valence-electron chi connectivity index (χ2n) is 9.42. The molecule has 3 rings (SSSR count). The Hall–Kier alpha value is -3.18. The van der Waals surface area contributed by atoms with Gasteiger partial charge in [-0.05, 0) is 45.7 Å². The Morgan fingerprint density at radius 1 is 1.03 bits per heavy atom. The van der Waals surface area contributed by atoms with E-state index in [1.54, 1.807) is 11.8 Å². The maximum absolute atomic E-state index is 13.7. The summed E-state index contributed by atoms with van der Waals surface area (Å²) >= 11 is 0. The lowest BCUT2D eigenvalue weighted by atomic mass is 9.97. The third kappa shape index (κ3) is 6.52. The molecule has 0 aromatic heterocycles. The van der Waals surface area contributed by atoms with Gasteiger partial charge >= 0.3 is 18.2 Å². The number of carboxylic acid groups (broad SMARTS) is 1. The zero-order valence-electron chi connectivity index (χ0n) is 20.6. The van der Waals surface area contributed by atoms with E-state index >= 15 is 0 Å². The quantitative estimate of drug-likeness (QED) is 0.580.